The molecule has 4 heteroatoms. The average Bonchev–Trinajstić information content (AvgIpc) is 2.03. The Kier molecular flexibility index (Phi) is 3.30. The summed E-state index contributed by atoms with van der Waals surface area (Å²) < 4.78 is 0. The van der Waals surface area contributed by atoms with E-state index in [-0.39, 0.29) is 0 Å². The maximum absolute atomic E-state index is 9.32. The van der Waals surface area contributed by atoms with Gasteiger partial charge < -0.3 is 5.11 Å². The summed E-state index contributed by atoms with van der Waals surface area (Å²) in [6.45, 7) is 0. The van der Waals surface area contributed by atoms with Crippen LogP contribution in [0.5, 0.6) is 0 Å². The number of hydrogen-bond acceptors (Lipinski definition) is 2. The molecule has 0 spiro atoms. The van der Waals surface area contributed by atoms with E-state index in [2.05, 4.69) is 20.9 Å². The van der Waals surface area contributed by atoms with Crippen molar-refractivity contribution in [3.8, 4) is 0 Å². The summed E-state index contributed by atoms with van der Waals surface area (Å²) in [5.74, 6) is 0. The molecule has 1 heterocycles. The molecule has 0 aromatic carbocycles. The van der Waals surface area contributed by atoms with E-state index in [1.54, 1.807) is 18.3 Å². The van der Waals surface area contributed by atoms with Gasteiger partial charge in [-0.05, 0) is 17.7 Å². The van der Waals surface area contributed by atoms with Gasteiger partial charge in [0.2, 0.25) is 0 Å². The lowest BCUT2D eigenvalue weighted by Gasteiger charge is -2.05. The van der Waals surface area contributed by atoms with Gasteiger partial charge in [0.15, 0.2) is 0 Å². The minimum atomic E-state index is -0.504. The van der Waals surface area contributed by atoms with Crippen molar-refractivity contribution in [2.75, 3.05) is 5.33 Å². The first-order valence-electron chi connectivity index (χ1n) is 3.09. The monoisotopic (exact) mass is 235 g/mol. The van der Waals surface area contributed by atoms with Gasteiger partial charge in [0, 0.05) is 11.5 Å². The normalized spacial score (nSPS) is 13.0. The molecule has 0 aliphatic heterocycles. The van der Waals surface area contributed by atoms with Crippen LogP contribution in [0, 0.1) is 0 Å². The summed E-state index contributed by atoms with van der Waals surface area (Å²) in [6, 6.07) is 3.38. The van der Waals surface area contributed by atoms with E-state index in [0.717, 1.165) is 5.56 Å². The highest BCUT2D eigenvalue weighted by atomic mass is 79.9. The van der Waals surface area contributed by atoms with Crippen molar-refractivity contribution in [1.82, 2.24) is 4.98 Å². The molecule has 0 amide bonds. The van der Waals surface area contributed by atoms with E-state index in [0.29, 0.717) is 10.5 Å². The SMILES string of the molecule is OC(CBr)c1ccnc(Cl)c1. The molecular weight excluding hydrogens is 229 g/mol. The smallest absolute Gasteiger partial charge is 0.129 e. The molecule has 1 rings (SSSR count). The Morgan fingerprint density at radius 1 is 1.73 bits per heavy atom. The molecule has 1 N–H and O–H groups in total. The lowest BCUT2D eigenvalue weighted by molar-refractivity contribution is 0.205. The summed E-state index contributed by atoms with van der Waals surface area (Å²) in [5, 5.41) is 10.2. The summed E-state index contributed by atoms with van der Waals surface area (Å²) in [5.41, 5.74) is 0.780. The van der Waals surface area contributed by atoms with E-state index in [9.17, 15) is 5.11 Å². The zero-order valence-corrected chi connectivity index (χ0v) is 8.01. The Bertz CT molecular complexity index is 244. The molecule has 0 fully saturated rings. The van der Waals surface area contributed by atoms with Crippen LogP contribution in [-0.2, 0) is 0 Å². The summed E-state index contributed by atoms with van der Waals surface area (Å²) in [4.78, 5) is 3.80. The van der Waals surface area contributed by atoms with E-state index in [1.165, 1.54) is 0 Å². The second kappa shape index (κ2) is 4.04. The van der Waals surface area contributed by atoms with Crippen LogP contribution in [0.15, 0.2) is 18.3 Å². The van der Waals surface area contributed by atoms with Crippen LogP contribution in [0.1, 0.15) is 11.7 Å². The van der Waals surface area contributed by atoms with Gasteiger partial charge in [-0.15, -0.1) is 0 Å². The van der Waals surface area contributed by atoms with Gasteiger partial charge in [0.05, 0.1) is 6.10 Å². The van der Waals surface area contributed by atoms with Crippen LogP contribution in [0.2, 0.25) is 5.15 Å². The number of pyridine rings is 1. The highest BCUT2D eigenvalue weighted by Gasteiger charge is 2.04. The van der Waals surface area contributed by atoms with Gasteiger partial charge in [-0.25, -0.2) is 4.98 Å². The first-order valence-corrected chi connectivity index (χ1v) is 4.59. The molecule has 0 aliphatic carbocycles. The van der Waals surface area contributed by atoms with E-state index in [4.69, 9.17) is 11.6 Å². The molecule has 0 radical (unpaired) electrons. The molecule has 1 aromatic rings. The number of aliphatic hydroxyl groups excluding tert-OH is 1. The molecular formula is C7H7BrClNO. The molecule has 11 heavy (non-hydrogen) atoms. The predicted octanol–water partition coefficient (Wildman–Crippen LogP) is 2.16. The van der Waals surface area contributed by atoms with Crippen LogP contribution < -0.4 is 0 Å². The van der Waals surface area contributed by atoms with Crippen LogP contribution in [0.3, 0.4) is 0 Å². The Labute approximate surface area is 78.3 Å². The fourth-order valence-corrected chi connectivity index (χ4v) is 1.27. The number of hydrogen-bond donors (Lipinski definition) is 1. The fourth-order valence-electron chi connectivity index (χ4n) is 0.714. The van der Waals surface area contributed by atoms with Crippen molar-refractivity contribution in [2.24, 2.45) is 0 Å². The largest absolute Gasteiger partial charge is 0.388 e. The average molecular weight is 236 g/mol. The van der Waals surface area contributed by atoms with Gasteiger partial charge >= 0.3 is 0 Å². The molecule has 0 bridgehead atoms. The van der Waals surface area contributed by atoms with Gasteiger partial charge in [-0.2, -0.15) is 0 Å². The van der Waals surface area contributed by atoms with Gasteiger partial charge in [-0.1, -0.05) is 27.5 Å². The van der Waals surface area contributed by atoms with Crippen LogP contribution in [-0.4, -0.2) is 15.4 Å². The molecule has 1 aromatic heterocycles. The van der Waals surface area contributed by atoms with Gasteiger partial charge in [0.25, 0.3) is 0 Å². The molecule has 1 unspecified atom stereocenters. The predicted molar refractivity (Wildman–Crippen MR) is 48.0 cm³/mol. The van der Waals surface area contributed by atoms with E-state index >= 15 is 0 Å². The third-order valence-corrected chi connectivity index (χ3v) is 2.10. The lowest BCUT2D eigenvalue weighted by atomic mass is 10.2. The van der Waals surface area contributed by atoms with Crippen molar-refractivity contribution in [3.05, 3.63) is 29.0 Å². The van der Waals surface area contributed by atoms with Crippen molar-refractivity contribution in [2.45, 2.75) is 6.10 Å². The minimum Gasteiger partial charge on any atom is -0.388 e. The van der Waals surface area contributed by atoms with Gasteiger partial charge in [0.1, 0.15) is 5.15 Å². The zero-order valence-electron chi connectivity index (χ0n) is 5.67. The first kappa shape index (κ1) is 8.97. The highest BCUT2D eigenvalue weighted by Crippen LogP contribution is 2.16. The fraction of sp³-hybridized carbons (Fsp3) is 0.286. The number of rotatable bonds is 2. The molecule has 1 atom stereocenters. The van der Waals surface area contributed by atoms with Crippen molar-refractivity contribution in [1.29, 1.82) is 0 Å². The minimum absolute atomic E-state index is 0.405. The second-order valence-corrected chi connectivity index (χ2v) is 3.12. The van der Waals surface area contributed by atoms with E-state index < -0.39 is 6.10 Å². The number of aliphatic hydroxyl groups is 1. The molecule has 0 aliphatic rings. The second-order valence-electron chi connectivity index (χ2n) is 2.08. The summed E-state index contributed by atoms with van der Waals surface area (Å²) >= 11 is 8.77. The van der Waals surface area contributed by atoms with Gasteiger partial charge in [-0.3, -0.25) is 0 Å². The number of aromatic nitrogens is 1. The third kappa shape index (κ3) is 2.43. The molecule has 0 saturated carbocycles. The number of nitrogens with zero attached hydrogens (tertiary/aromatic N) is 1. The Hall–Kier alpha value is -0.120. The lowest BCUT2D eigenvalue weighted by Crippen LogP contribution is -1.97. The first-order chi connectivity index (χ1) is 5.24. The maximum Gasteiger partial charge on any atom is 0.129 e. The van der Waals surface area contributed by atoms with Crippen molar-refractivity contribution >= 4 is 27.5 Å². The van der Waals surface area contributed by atoms with Crippen molar-refractivity contribution in [3.63, 3.8) is 0 Å². The molecule has 0 saturated heterocycles. The van der Waals surface area contributed by atoms with Crippen molar-refractivity contribution < 1.29 is 5.11 Å². The van der Waals surface area contributed by atoms with Crippen LogP contribution in [0.4, 0.5) is 0 Å². The van der Waals surface area contributed by atoms with Crippen LogP contribution in [0.25, 0.3) is 0 Å². The third-order valence-electron chi connectivity index (χ3n) is 1.28. The van der Waals surface area contributed by atoms with E-state index in [1.807, 2.05) is 0 Å². The quantitative estimate of drug-likeness (QED) is 0.631. The topological polar surface area (TPSA) is 33.1 Å². The highest BCUT2D eigenvalue weighted by molar-refractivity contribution is 9.09. The number of halogens is 2. The molecule has 2 nitrogen and oxygen atoms in total. The summed E-state index contributed by atoms with van der Waals surface area (Å²) in [6.07, 6.45) is 1.07. The maximum atomic E-state index is 9.32. The Morgan fingerprint density at radius 3 is 3.00 bits per heavy atom. The number of alkyl halides is 1. The molecule has 60 valence electrons. The zero-order chi connectivity index (χ0) is 8.27. The summed E-state index contributed by atoms with van der Waals surface area (Å²) in [7, 11) is 0. The Balaban J connectivity index is 2.86. The standard InChI is InChI=1S/C7H7BrClNO/c8-4-6(11)5-1-2-10-7(9)3-5/h1-3,6,11H,4H2. The van der Waals surface area contributed by atoms with Crippen LogP contribution >= 0.6 is 27.5 Å². The Morgan fingerprint density at radius 2 is 2.45 bits per heavy atom.